The maximum absolute atomic E-state index is 9.97. The van der Waals surface area contributed by atoms with Crippen LogP contribution in [-0.2, 0) is 9.16 Å². The maximum Gasteiger partial charge on any atom is 0.785 e. The summed E-state index contributed by atoms with van der Waals surface area (Å²) < 4.78 is 8.50. The summed E-state index contributed by atoms with van der Waals surface area (Å²) in [5.41, 5.74) is 0. The lowest BCUT2D eigenvalue weighted by Crippen LogP contribution is -1.98. The van der Waals surface area contributed by atoms with Gasteiger partial charge in [-0.1, -0.05) is 0 Å². The zero-order valence-electron chi connectivity index (χ0n) is 3.26. The molecule has 0 amide bonds. The summed E-state index contributed by atoms with van der Waals surface area (Å²) in [6.45, 7) is 0. The van der Waals surface area contributed by atoms with E-state index >= 15 is 0 Å². The van der Waals surface area contributed by atoms with Gasteiger partial charge in [0.25, 0.3) is 4.11 Å². The van der Waals surface area contributed by atoms with Gasteiger partial charge in [0.1, 0.15) is 0 Å². The zero-order chi connectivity index (χ0) is 5.28. The van der Waals surface area contributed by atoms with Crippen molar-refractivity contribution < 1.29 is 14.0 Å². The summed E-state index contributed by atoms with van der Waals surface area (Å²) in [5, 5.41) is 0. The number of hydrogen-bond donors (Lipinski definition) is 0. The van der Waals surface area contributed by atoms with Crippen LogP contribution in [0.4, 0.5) is 4.79 Å². The summed E-state index contributed by atoms with van der Waals surface area (Å²) in [4.78, 5) is 9.97. The second kappa shape index (κ2) is 1.77. The zero-order valence-corrected chi connectivity index (χ0v) is 5.41. The van der Waals surface area contributed by atoms with Crippen molar-refractivity contribution >= 4 is 35.0 Å². The first-order valence-electron chi connectivity index (χ1n) is 1.64. The lowest BCUT2D eigenvalue weighted by atomic mass is 10.9. The molecule has 0 aromatic heterocycles. The summed E-state index contributed by atoms with van der Waals surface area (Å²) in [6.07, 6.45) is 0.725. The van der Waals surface area contributed by atoms with Gasteiger partial charge < -0.3 is 0 Å². The van der Waals surface area contributed by atoms with Gasteiger partial charge in [0, 0.05) is 4.79 Å². The fourth-order valence-corrected chi connectivity index (χ4v) is 0.611. The topological polar surface area (TPSA) is 37.6 Å². The highest BCUT2D eigenvalue weighted by Gasteiger charge is 2.29. The highest BCUT2D eigenvalue weighted by Crippen LogP contribution is 2.03. The first kappa shape index (κ1) is 5.02. The molecule has 1 heterocycles. The number of ether oxygens (including phenoxy) is 1. The maximum atomic E-state index is 9.97. The van der Waals surface area contributed by atoms with Gasteiger partial charge >= 0.3 is 6.16 Å². The van der Waals surface area contributed by atoms with E-state index in [0.717, 1.165) is 0 Å². The van der Waals surface area contributed by atoms with Crippen molar-refractivity contribution in [1.82, 2.24) is 0 Å². The Labute approximate surface area is 53.5 Å². The van der Waals surface area contributed by atoms with Gasteiger partial charge in [0.2, 0.25) is 6.29 Å². The highest BCUT2D eigenvalue weighted by atomic mass is 127. The van der Waals surface area contributed by atoms with Crippen LogP contribution < -0.4 is 0 Å². The van der Waals surface area contributed by atoms with E-state index in [1.165, 1.54) is 6.29 Å². The molecule has 0 saturated heterocycles. The predicted molar refractivity (Wildman–Crippen MR) is 30.4 cm³/mol. The van der Waals surface area contributed by atoms with Crippen molar-refractivity contribution in [1.29, 1.82) is 0 Å². The molecule has 0 aliphatic carbocycles. The summed E-state index contributed by atoms with van der Waals surface area (Å²) in [6, 6.07) is 0. The van der Waals surface area contributed by atoms with E-state index in [1.54, 1.807) is 0 Å². The minimum atomic E-state index is -0.612. The molecule has 0 aromatic rings. The Kier molecular flexibility index (Phi) is 1.27. The number of hydrogen-bond acceptors (Lipinski definition) is 2. The molecule has 1 aliphatic rings. The predicted octanol–water partition coefficient (Wildman–Crippen LogP) is 0.632. The first-order chi connectivity index (χ1) is 3.29. The van der Waals surface area contributed by atoms with Gasteiger partial charge in [-0.2, -0.15) is 0 Å². The average Bonchev–Trinajstić information content (AvgIpc) is 1.87. The van der Waals surface area contributed by atoms with Gasteiger partial charge in [-0.3, -0.25) is 9.16 Å². The number of halogens is 1. The SMILES string of the molecule is O=C1OC(I)C=[O+]1. The monoisotopic (exact) mass is 213 g/mol. The summed E-state index contributed by atoms with van der Waals surface area (Å²) in [7, 11) is 0. The van der Waals surface area contributed by atoms with Crippen molar-refractivity contribution in [3.63, 3.8) is 0 Å². The normalized spacial score (nSPS) is 28.1. The van der Waals surface area contributed by atoms with E-state index in [4.69, 9.17) is 0 Å². The lowest BCUT2D eigenvalue weighted by molar-refractivity contribution is -0.345. The third-order valence-corrected chi connectivity index (χ3v) is 1.03. The van der Waals surface area contributed by atoms with Gasteiger partial charge in [0.15, 0.2) is 0 Å². The van der Waals surface area contributed by atoms with Crippen LogP contribution in [0.2, 0.25) is 0 Å². The van der Waals surface area contributed by atoms with Crippen LogP contribution in [0.15, 0.2) is 0 Å². The van der Waals surface area contributed by atoms with E-state index in [0.29, 0.717) is 0 Å². The van der Waals surface area contributed by atoms with Crippen LogP contribution in [0.3, 0.4) is 0 Å². The van der Waals surface area contributed by atoms with Gasteiger partial charge in [-0.25, -0.2) is 0 Å². The minimum Gasteiger partial charge on any atom is -0.292 e. The van der Waals surface area contributed by atoms with Gasteiger partial charge in [0.05, 0.1) is 0 Å². The molecule has 0 radical (unpaired) electrons. The van der Waals surface area contributed by atoms with E-state index in [9.17, 15) is 4.79 Å². The van der Waals surface area contributed by atoms with E-state index in [-0.39, 0.29) is 4.11 Å². The fourth-order valence-electron chi connectivity index (χ4n) is 0.257. The lowest BCUT2D eigenvalue weighted by Gasteiger charge is -1.76. The molecule has 3 nitrogen and oxygen atoms in total. The van der Waals surface area contributed by atoms with Crippen LogP contribution in [0, 0.1) is 0 Å². The molecule has 38 valence electrons. The van der Waals surface area contributed by atoms with Crippen molar-refractivity contribution in [3.05, 3.63) is 0 Å². The molecular formula is C3H2IO3+. The average molecular weight is 213 g/mol. The van der Waals surface area contributed by atoms with Crippen LogP contribution in [0.1, 0.15) is 0 Å². The smallest absolute Gasteiger partial charge is 0.292 e. The largest absolute Gasteiger partial charge is 0.785 e. The molecule has 0 bridgehead atoms. The second-order valence-electron chi connectivity index (χ2n) is 0.973. The summed E-state index contributed by atoms with van der Waals surface area (Å²) in [5.74, 6) is 0. The van der Waals surface area contributed by atoms with E-state index < -0.39 is 6.16 Å². The molecule has 1 unspecified atom stereocenters. The first-order valence-corrected chi connectivity index (χ1v) is 2.88. The molecule has 4 heteroatoms. The number of carbonyl (C=O) groups excluding carboxylic acids is 2. The van der Waals surface area contributed by atoms with E-state index in [2.05, 4.69) is 9.16 Å². The third kappa shape index (κ3) is 1.12. The molecule has 0 N–H and O–H groups in total. The number of aldehydes is 1. The van der Waals surface area contributed by atoms with E-state index in [1.807, 2.05) is 22.6 Å². The molecule has 1 atom stereocenters. The van der Waals surface area contributed by atoms with Crippen molar-refractivity contribution in [2.45, 2.75) is 4.11 Å². The molecule has 1 rings (SSSR count). The van der Waals surface area contributed by atoms with Crippen LogP contribution in [-0.4, -0.2) is 16.6 Å². The quantitative estimate of drug-likeness (QED) is 0.194. The minimum absolute atomic E-state index is 0.204. The van der Waals surface area contributed by atoms with Crippen LogP contribution in [0.5, 0.6) is 0 Å². The Hall–Kier alpha value is -0.130. The Morgan fingerprint density at radius 1 is 2.00 bits per heavy atom. The molecule has 0 aromatic carbocycles. The molecular weight excluding hydrogens is 211 g/mol. The molecule has 1 aliphatic heterocycles. The third-order valence-electron chi connectivity index (χ3n) is 0.480. The Morgan fingerprint density at radius 2 is 2.71 bits per heavy atom. The molecule has 7 heavy (non-hydrogen) atoms. The number of rotatable bonds is 0. The van der Waals surface area contributed by atoms with Crippen molar-refractivity contribution in [2.75, 3.05) is 0 Å². The van der Waals surface area contributed by atoms with Crippen molar-refractivity contribution in [2.24, 2.45) is 0 Å². The standard InChI is InChI=1S/C3H2IO3/c4-2-1-6-3(5)7-2/h1-2H/q+1. The number of carbonyl (C=O) groups is 1. The highest BCUT2D eigenvalue weighted by molar-refractivity contribution is 14.1. The summed E-state index contributed by atoms with van der Waals surface area (Å²) >= 11 is 1.92. The number of alkyl halides is 1. The van der Waals surface area contributed by atoms with Gasteiger partial charge in [-0.15, -0.1) is 0 Å². The van der Waals surface area contributed by atoms with Crippen molar-refractivity contribution in [3.8, 4) is 0 Å². The fraction of sp³-hybridized carbons (Fsp3) is 0.333. The second-order valence-corrected chi connectivity index (χ2v) is 2.20. The Bertz CT molecular complexity index is 119. The molecule has 0 spiro atoms. The Balaban J connectivity index is 2.58. The van der Waals surface area contributed by atoms with Crippen LogP contribution >= 0.6 is 22.6 Å². The number of cyclic esters (lactones) is 1. The van der Waals surface area contributed by atoms with Crippen LogP contribution in [0.25, 0.3) is 0 Å². The van der Waals surface area contributed by atoms with Gasteiger partial charge in [-0.05, 0) is 22.6 Å². The Morgan fingerprint density at radius 3 is 2.86 bits per heavy atom. The molecule has 0 fully saturated rings. The molecule has 0 saturated carbocycles.